The van der Waals surface area contributed by atoms with Crippen molar-refractivity contribution >= 4 is 5.97 Å². The molecule has 0 amide bonds. The zero-order chi connectivity index (χ0) is 15.2. The van der Waals surface area contributed by atoms with Gasteiger partial charge in [-0.15, -0.1) is 10.2 Å². The average molecular weight is 278 g/mol. The number of carboxylic acid groups (broad SMARTS) is 1. The maximum Gasteiger partial charge on any atom is 0.314 e. The summed E-state index contributed by atoms with van der Waals surface area (Å²) < 4.78 is 0. The zero-order valence-corrected chi connectivity index (χ0v) is 12.3. The minimum Gasteiger partial charge on any atom is -0.481 e. The Labute approximate surface area is 119 Å². The van der Waals surface area contributed by atoms with Gasteiger partial charge in [0.1, 0.15) is 5.92 Å². The van der Waals surface area contributed by atoms with Crippen LogP contribution in [-0.4, -0.2) is 31.3 Å². The lowest BCUT2D eigenvalue weighted by Gasteiger charge is -2.15. The van der Waals surface area contributed by atoms with Crippen molar-refractivity contribution in [3.05, 3.63) is 30.6 Å². The van der Waals surface area contributed by atoms with E-state index in [1.165, 1.54) is 4.80 Å². The van der Waals surface area contributed by atoms with Crippen molar-refractivity contribution in [3.8, 4) is 0 Å². The van der Waals surface area contributed by atoms with E-state index in [1.807, 2.05) is 32.9 Å². The van der Waals surface area contributed by atoms with Crippen LogP contribution >= 0.6 is 0 Å². The Morgan fingerprint density at radius 3 is 2.70 bits per heavy atom. The Hall–Kier alpha value is -1.98. The van der Waals surface area contributed by atoms with Crippen molar-refractivity contribution in [3.63, 3.8) is 0 Å². The third-order valence-electron chi connectivity index (χ3n) is 2.77. The van der Waals surface area contributed by atoms with E-state index in [0.29, 0.717) is 6.42 Å². The van der Waals surface area contributed by atoms with Crippen LogP contribution < -0.4 is 0 Å². The summed E-state index contributed by atoms with van der Waals surface area (Å²) >= 11 is 0. The first kappa shape index (κ1) is 16.1. The summed E-state index contributed by atoms with van der Waals surface area (Å²) in [5.41, 5.74) is -0.305. The van der Waals surface area contributed by atoms with Gasteiger partial charge in [0.25, 0.3) is 0 Å². The van der Waals surface area contributed by atoms with Crippen molar-refractivity contribution in [2.24, 2.45) is 0 Å². The Morgan fingerprint density at radius 1 is 1.50 bits per heavy atom. The lowest BCUT2D eigenvalue weighted by Crippen LogP contribution is -2.25. The number of hydrogen-bond donors (Lipinski definition) is 1. The van der Waals surface area contributed by atoms with Crippen LogP contribution in [0, 0.1) is 0 Å². The highest BCUT2D eigenvalue weighted by Gasteiger charge is 2.26. The van der Waals surface area contributed by atoms with Gasteiger partial charge in [-0.25, -0.2) is 0 Å². The second-order valence-corrected chi connectivity index (χ2v) is 5.59. The molecule has 1 heterocycles. The van der Waals surface area contributed by atoms with E-state index in [1.54, 1.807) is 6.08 Å². The van der Waals surface area contributed by atoms with E-state index in [-0.39, 0.29) is 11.4 Å². The summed E-state index contributed by atoms with van der Waals surface area (Å²) in [5, 5.41) is 21.3. The quantitative estimate of drug-likeness (QED) is 0.612. The molecule has 0 aliphatic carbocycles. The van der Waals surface area contributed by atoms with Crippen LogP contribution in [0.25, 0.3) is 0 Å². The van der Waals surface area contributed by atoms with Crippen LogP contribution in [0.3, 0.4) is 0 Å². The predicted octanol–water partition coefficient (Wildman–Crippen LogP) is 2.51. The minimum absolute atomic E-state index is 0.278. The Balaban J connectivity index is 2.71. The van der Waals surface area contributed by atoms with E-state index < -0.39 is 11.9 Å². The third-order valence-corrected chi connectivity index (χ3v) is 2.77. The van der Waals surface area contributed by atoms with Crippen LogP contribution in [0.5, 0.6) is 0 Å². The van der Waals surface area contributed by atoms with E-state index >= 15 is 0 Å². The number of hydrogen-bond acceptors (Lipinski definition) is 4. The number of carbonyl (C=O) groups is 1. The zero-order valence-electron chi connectivity index (χ0n) is 12.3. The molecule has 0 bridgehead atoms. The second kappa shape index (κ2) is 6.98. The SMILES string of the molecule is C=CC=CCCCC(C(=O)O)c1nnn(C(C)(C)C)n1. The summed E-state index contributed by atoms with van der Waals surface area (Å²) in [5.74, 6) is -1.34. The van der Waals surface area contributed by atoms with Gasteiger partial charge in [-0.2, -0.15) is 4.80 Å². The number of aliphatic carboxylic acids is 1. The number of carboxylic acids is 1. The molecule has 0 fully saturated rings. The van der Waals surface area contributed by atoms with Crippen molar-refractivity contribution in [2.45, 2.75) is 51.5 Å². The average Bonchev–Trinajstić information content (AvgIpc) is 2.82. The van der Waals surface area contributed by atoms with Crippen LogP contribution in [0.4, 0.5) is 0 Å². The Kier molecular flexibility index (Phi) is 5.61. The Bertz CT molecular complexity index is 486. The highest BCUT2D eigenvalue weighted by Crippen LogP contribution is 2.20. The van der Waals surface area contributed by atoms with E-state index in [4.69, 9.17) is 0 Å². The smallest absolute Gasteiger partial charge is 0.314 e. The molecule has 1 atom stereocenters. The molecule has 0 aliphatic rings. The number of unbranched alkanes of at least 4 members (excludes halogenated alkanes) is 1. The van der Waals surface area contributed by atoms with Crippen LogP contribution in [0.15, 0.2) is 24.8 Å². The molecule has 1 aromatic heterocycles. The molecule has 6 nitrogen and oxygen atoms in total. The van der Waals surface area contributed by atoms with E-state index in [0.717, 1.165) is 12.8 Å². The van der Waals surface area contributed by atoms with Crippen LogP contribution in [0.2, 0.25) is 0 Å². The first-order valence-corrected chi connectivity index (χ1v) is 6.67. The van der Waals surface area contributed by atoms with Crippen LogP contribution in [-0.2, 0) is 10.3 Å². The molecule has 1 N–H and O–H groups in total. The number of aromatic nitrogens is 4. The number of nitrogens with zero attached hydrogens (tertiary/aromatic N) is 4. The lowest BCUT2D eigenvalue weighted by molar-refractivity contribution is -0.139. The molecular formula is C14H22N4O2. The maximum atomic E-state index is 11.3. The van der Waals surface area contributed by atoms with E-state index in [9.17, 15) is 9.90 Å². The molecule has 6 heteroatoms. The van der Waals surface area contributed by atoms with Crippen molar-refractivity contribution in [1.29, 1.82) is 0 Å². The summed E-state index contributed by atoms with van der Waals surface area (Å²) in [4.78, 5) is 12.8. The molecule has 0 radical (unpaired) electrons. The van der Waals surface area contributed by atoms with E-state index in [2.05, 4.69) is 22.0 Å². The highest BCUT2D eigenvalue weighted by atomic mass is 16.4. The van der Waals surface area contributed by atoms with Gasteiger partial charge in [-0.1, -0.05) is 24.8 Å². The molecule has 0 aliphatic heterocycles. The van der Waals surface area contributed by atoms with Crippen molar-refractivity contribution in [2.75, 3.05) is 0 Å². The minimum atomic E-state index is -0.911. The molecule has 1 rings (SSSR count). The first-order chi connectivity index (χ1) is 9.36. The normalized spacial score (nSPS) is 13.6. The summed E-state index contributed by atoms with van der Waals surface area (Å²) in [6.45, 7) is 9.40. The summed E-state index contributed by atoms with van der Waals surface area (Å²) in [6.07, 6.45) is 7.57. The fraction of sp³-hybridized carbons (Fsp3) is 0.571. The number of rotatable bonds is 7. The molecular weight excluding hydrogens is 256 g/mol. The van der Waals surface area contributed by atoms with Gasteiger partial charge in [0.05, 0.1) is 5.54 Å². The first-order valence-electron chi connectivity index (χ1n) is 6.67. The van der Waals surface area contributed by atoms with Gasteiger partial charge in [0.15, 0.2) is 5.82 Å². The molecule has 110 valence electrons. The van der Waals surface area contributed by atoms with Gasteiger partial charge in [-0.3, -0.25) is 4.79 Å². The third kappa shape index (κ3) is 4.60. The van der Waals surface area contributed by atoms with Gasteiger partial charge in [0.2, 0.25) is 0 Å². The molecule has 0 spiro atoms. The van der Waals surface area contributed by atoms with Gasteiger partial charge >= 0.3 is 5.97 Å². The molecule has 0 saturated carbocycles. The van der Waals surface area contributed by atoms with Crippen molar-refractivity contribution in [1.82, 2.24) is 20.2 Å². The molecule has 1 unspecified atom stereocenters. The monoisotopic (exact) mass is 278 g/mol. The van der Waals surface area contributed by atoms with Crippen molar-refractivity contribution < 1.29 is 9.90 Å². The number of allylic oxidation sites excluding steroid dienone is 3. The largest absolute Gasteiger partial charge is 0.481 e. The summed E-state index contributed by atoms with van der Waals surface area (Å²) in [7, 11) is 0. The molecule has 1 aromatic rings. The predicted molar refractivity (Wildman–Crippen MR) is 76.4 cm³/mol. The van der Waals surface area contributed by atoms with Gasteiger partial charge in [-0.05, 0) is 45.2 Å². The molecule has 0 saturated heterocycles. The lowest BCUT2D eigenvalue weighted by atomic mass is 10.0. The molecule has 20 heavy (non-hydrogen) atoms. The fourth-order valence-electron chi connectivity index (χ4n) is 1.64. The summed E-state index contributed by atoms with van der Waals surface area (Å²) in [6, 6.07) is 0. The topological polar surface area (TPSA) is 80.9 Å². The maximum absolute atomic E-state index is 11.3. The highest BCUT2D eigenvalue weighted by molar-refractivity contribution is 5.74. The Morgan fingerprint density at radius 2 is 2.20 bits per heavy atom. The van der Waals surface area contributed by atoms with Crippen LogP contribution in [0.1, 0.15) is 51.8 Å². The second-order valence-electron chi connectivity index (χ2n) is 5.59. The fourth-order valence-corrected chi connectivity index (χ4v) is 1.64. The number of tetrazole rings is 1. The molecule has 0 aromatic carbocycles. The van der Waals surface area contributed by atoms with Gasteiger partial charge < -0.3 is 5.11 Å². The van der Waals surface area contributed by atoms with Gasteiger partial charge in [0, 0.05) is 0 Å². The standard InChI is InChI=1S/C14H22N4O2/c1-5-6-7-8-9-10-11(13(19)20)12-15-17-18(16-12)14(2,3)4/h5-7,11H,1,8-10H2,2-4H3,(H,19,20).